The van der Waals surface area contributed by atoms with Crippen LogP contribution in [0.1, 0.15) is 27.2 Å². The zero-order valence-electron chi connectivity index (χ0n) is 10.9. The standard InChI is InChI=1S/C11H21NO5/c1-11(2,3)17-10(15)12(4)8-9(14)16-7-5-6-13/h13H,5-8H2,1-4H3. The fourth-order valence-corrected chi connectivity index (χ4v) is 0.894. The van der Waals surface area contributed by atoms with E-state index >= 15 is 0 Å². The van der Waals surface area contributed by atoms with Crippen molar-refractivity contribution in [3.8, 4) is 0 Å². The number of hydrogen-bond acceptors (Lipinski definition) is 5. The summed E-state index contributed by atoms with van der Waals surface area (Å²) < 4.78 is 9.85. The molecule has 0 aliphatic rings. The highest BCUT2D eigenvalue weighted by Gasteiger charge is 2.21. The molecule has 0 rings (SSSR count). The maximum atomic E-state index is 11.5. The fourth-order valence-electron chi connectivity index (χ4n) is 0.894. The van der Waals surface area contributed by atoms with Gasteiger partial charge in [0.25, 0.3) is 0 Å². The lowest BCUT2D eigenvalue weighted by Gasteiger charge is -2.24. The molecule has 0 radical (unpaired) electrons. The van der Waals surface area contributed by atoms with Crippen LogP contribution >= 0.6 is 0 Å². The minimum atomic E-state index is -0.591. The minimum absolute atomic E-state index is 0.0326. The van der Waals surface area contributed by atoms with Gasteiger partial charge in [-0.2, -0.15) is 0 Å². The van der Waals surface area contributed by atoms with E-state index < -0.39 is 17.7 Å². The van der Waals surface area contributed by atoms with Crippen LogP contribution < -0.4 is 0 Å². The smallest absolute Gasteiger partial charge is 0.410 e. The molecule has 1 N–H and O–H groups in total. The second-order valence-corrected chi connectivity index (χ2v) is 4.63. The second-order valence-electron chi connectivity index (χ2n) is 4.63. The molecule has 0 aromatic heterocycles. The number of aliphatic hydroxyl groups is 1. The van der Waals surface area contributed by atoms with Gasteiger partial charge in [-0.15, -0.1) is 0 Å². The number of amides is 1. The summed E-state index contributed by atoms with van der Waals surface area (Å²) in [6.07, 6.45) is -0.182. The second kappa shape index (κ2) is 7.11. The van der Waals surface area contributed by atoms with Crippen LogP contribution in [0.15, 0.2) is 0 Å². The maximum Gasteiger partial charge on any atom is 0.410 e. The van der Waals surface area contributed by atoms with E-state index in [2.05, 4.69) is 0 Å². The Kier molecular flexibility index (Phi) is 6.57. The molecule has 0 heterocycles. The first kappa shape index (κ1) is 15.7. The summed E-state index contributed by atoms with van der Waals surface area (Å²) in [6.45, 7) is 5.20. The third-order valence-corrected chi connectivity index (χ3v) is 1.64. The van der Waals surface area contributed by atoms with Crippen LogP contribution in [0.5, 0.6) is 0 Å². The van der Waals surface area contributed by atoms with Gasteiger partial charge < -0.3 is 19.5 Å². The largest absolute Gasteiger partial charge is 0.464 e. The molecule has 0 aliphatic carbocycles. The summed E-state index contributed by atoms with van der Waals surface area (Å²) in [6, 6.07) is 0. The number of ether oxygens (including phenoxy) is 2. The zero-order valence-corrected chi connectivity index (χ0v) is 10.9. The number of aliphatic hydroxyl groups excluding tert-OH is 1. The number of esters is 1. The summed E-state index contributed by atoms with van der Waals surface area (Å²) in [4.78, 5) is 23.9. The van der Waals surface area contributed by atoms with E-state index in [9.17, 15) is 9.59 Å². The highest BCUT2D eigenvalue weighted by Crippen LogP contribution is 2.08. The van der Waals surface area contributed by atoms with Crippen LogP contribution in [-0.2, 0) is 14.3 Å². The van der Waals surface area contributed by atoms with E-state index in [0.717, 1.165) is 4.90 Å². The van der Waals surface area contributed by atoms with Crippen molar-refractivity contribution in [3.63, 3.8) is 0 Å². The number of hydrogen-bond donors (Lipinski definition) is 1. The van der Waals surface area contributed by atoms with E-state index in [4.69, 9.17) is 14.6 Å². The SMILES string of the molecule is CN(CC(=O)OCCCO)C(=O)OC(C)(C)C. The Balaban J connectivity index is 3.95. The summed E-state index contributed by atoms with van der Waals surface area (Å²) in [7, 11) is 1.46. The highest BCUT2D eigenvalue weighted by atomic mass is 16.6. The monoisotopic (exact) mass is 247 g/mol. The van der Waals surface area contributed by atoms with Crippen LogP contribution in [-0.4, -0.2) is 54.5 Å². The number of carbonyl (C=O) groups is 2. The Hall–Kier alpha value is -1.30. The first-order valence-corrected chi connectivity index (χ1v) is 5.47. The van der Waals surface area contributed by atoms with E-state index in [0.29, 0.717) is 6.42 Å². The molecule has 0 saturated heterocycles. The van der Waals surface area contributed by atoms with Crippen LogP contribution in [0.4, 0.5) is 4.79 Å². The third kappa shape index (κ3) is 8.50. The Morgan fingerprint density at radius 3 is 2.35 bits per heavy atom. The van der Waals surface area contributed by atoms with Crippen LogP contribution in [0, 0.1) is 0 Å². The fraction of sp³-hybridized carbons (Fsp3) is 0.818. The Bertz CT molecular complexity index is 259. The number of carbonyl (C=O) groups excluding carboxylic acids is 2. The third-order valence-electron chi connectivity index (χ3n) is 1.64. The van der Waals surface area contributed by atoms with Crippen molar-refractivity contribution in [2.45, 2.75) is 32.8 Å². The Morgan fingerprint density at radius 1 is 1.29 bits per heavy atom. The molecular weight excluding hydrogens is 226 g/mol. The molecule has 0 bridgehead atoms. The molecule has 0 aromatic carbocycles. The number of likely N-dealkylation sites (N-methyl/N-ethyl adjacent to an activating group) is 1. The van der Waals surface area contributed by atoms with Gasteiger partial charge in [0, 0.05) is 20.1 Å². The van der Waals surface area contributed by atoms with E-state index in [1.54, 1.807) is 20.8 Å². The molecule has 0 fully saturated rings. The van der Waals surface area contributed by atoms with Crippen molar-refractivity contribution in [3.05, 3.63) is 0 Å². The Morgan fingerprint density at radius 2 is 1.88 bits per heavy atom. The first-order chi connectivity index (χ1) is 7.76. The first-order valence-electron chi connectivity index (χ1n) is 5.47. The highest BCUT2D eigenvalue weighted by molar-refractivity contribution is 5.77. The number of nitrogens with zero attached hydrogens (tertiary/aromatic N) is 1. The average molecular weight is 247 g/mol. The van der Waals surface area contributed by atoms with Gasteiger partial charge in [-0.1, -0.05) is 0 Å². The van der Waals surface area contributed by atoms with Crippen molar-refractivity contribution in [1.29, 1.82) is 0 Å². The van der Waals surface area contributed by atoms with Crippen molar-refractivity contribution in [2.75, 3.05) is 26.8 Å². The van der Waals surface area contributed by atoms with Gasteiger partial charge in [0.1, 0.15) is 12.1 Å². The molecule has 0 aliphatic heterocycles. The minimum Gasteiger partial charge on any atom is -0.464 e. The lowest BCUT2D eigenvalue weighted by molar-refractivity contribution is -0.144. The quantitative estimate of drug-likeness (QED) is 0.574. The molecule has 6 nitrogen and oxygen atoms in total. The van der Waals surface area contributed by atoms with E-state index in [1.165, 1.54) is 7.05 Å². The summed E-state index contributed by atoms with van der Waals surface area (Å²) in [5.74, 6) is -0.521. The van der Waals surface area contributed by atoms with Gasteiger partial charge >= 0.3 is 12.1 Å². The summed E-state index contributed by atoms with van der Waals surface area (Å²) in [5, 5.41) is 8.50. The normalized spacial score (nSPS) is 10.9. The van der Waals surface area contributed by atoms with Crippen LogP contribution in [0.25, 0.3) is 0 Å². The molecular formula is C11H21NO5. The number of rotatable bonds is 5. The van der Waals surface area contributed by atoms with Gasteiger partial charge in [0.2, 0.25) is 0 Å². The van der Waals surface area contributed by atoms with Gasteiger partial charge in [-0.3, -0.25) is 4.79 Å². The lowest BCUT2D eigenvalue weighted by Crippen LogP contribution is -2.37. The molecule has 1 amide bonds. The molecule has 6 heteroatoms. The van der Waals surface area contributed by atoms with Crippen molar-refractivity contribution in [2.24, 2.45) is 0 Å². The molecule has 0 aromatic rings. The van der Waals surface area contributed by atoms with Crippen molar-refractivity contribution >= 4 is 12.1 Å². The summed E-state index contributed by atoms with van der Waals surface area (Å²) in [5.41, 5.74) is -0.591. The molecule has 0 spiro atoms. The van der Waals surface area contributed by atoms with E-state index in [1.807, 2.05) is 0 Å². The predicted molar refractivity (Wildman–Crippen MR) is 61.5 cm³/mol. The molecule has 17 heavy (non-hydrogen) atoms. The Labute approximate surface area is 101 Å². The zero-order chi connectivity index (χ0) is 13.5. The van der Waals surface area contributed by atoms with Crippen LogP contribution in [0.3, 0.4) is 0 Å². The average Bonchev–Trinajstić information content (AvgIpc) is 2.15. The van der Waals surface area contributed by atoms with Crippen LogP contribution in [0.2, 0.25) is 0 Å². The molecule has 0 saturated carbocycles. The summed E-state index contributed by atoms with van der Waals surface area (Å²) >= 11 is 0. The van der Waals surface area contributed by atoms with Crippen molar-refractivity contribution < 1.29 is 24.2 Å². The predicted octanol–water partition coefficient (Wildman–Crippen LogP) is 0.779. The molecule has 0 unspecified atom stereocenters. The topological polar surface area (TPSA) is 76.1 Å². The van der Waals surface area contributed by atoms with Gasteiger partial charge in [-0.25, -0.2) is 4.79 Å². The molecule has 100 valence electrons. The molecule has 0 atom stereocenters. The maximum absolute atomic E-state index is 11.5. The van der Waals surface area contributed by atoms with Crippen molar-refractivity contribution in [1.82, 2.24) is 4.90 Å². The van der Waals surface area contributed by atoms with E-state index in [-0.39, 0.29) is 19.8 Å². The van der Waals surface area contributed by atoms with Gasteiger partial charge in [0.05, 0.1) is 6.61 Å². The van der Waals surface area contributed by atoms with Gasteiger partial charge in [-0.05, 0) is 20.8 Å². The van der Waals surface area contributed by atoms with Gasteiger partial charge in [0.15, 0.2) is 0 Å². The lowest BCUT2D eigenvalue weighted by atomic mass is 10.2.